The van der Waals surface area contributed by atoms with Crippen LogP contribution in [0.1, 0.15) is 74.1 Å². The van der Waals surface area contributed by atoms with Gasteiger partial charge in [-0.05, 0) is 57.9 Å². The Hall–Kier alpha value is -0.0800. The van der Waals surface area contributed by atoms with E-state index in [9.17, 15) is 0 Å². The van der Waals surface area contributed by atoms with Crippen molar-refractivity contribution >= 4 is 0 Å². The zero-order valence-electron chi connectivity index (χ0n) is 15.1. The molecule has 120 valence electrons. The van der Waals surface area contributed by atoms with Crippen LogP contribution >= 0.6 is 0 Å². The molecule has 1 aliphatic heterocycles. The van der Waals surface area contributed by atoms with Crippen LogP contribution in [0.25, 0.3) is 0 Å². The summed E-state index contributed by atoms with van der Waals surface area (Å²) in [6.07, 6.45) is 5.38. The molecule has 0 aromatic heterocycles. The molecule has 2 unspecified atom stereocenters. The predicted molar refractivity (Wildman–Crippen MR) is 90.2 cm³/mol. The number of rotatable bonds is 7. The topological polar surface area (TPSA) is 15.3 Å². The molecule has 1 N–H and O–H groups in total. The maximum atomic E-state index is 3.74. The number of likely N-dealkylation sites (tertiary alicyclic amines) is 1. The number of nitrogens with one attached hydrogen (secondary N) is 1. The lowest BCUT2D eigenvalue weighted by Crippen LogP contribution is -2.49. The summed E-state index contributed by atoms with van der Waals surface area (Å²) in [4.78, 5) is 2.77. The maximum Gasteiger partial charge on any atom is 0.0119 e. The van der Waals surface area contributed by atoms with Gasteiger partial charge >= 0.3 is 0 Å². The van der Waals surface area contributed by atoms with Crippen molar-refractivity contribution in [3.63, 3.8) is 0 Å². The van der Waals surface area contributed by atoms with Crippen LogP contribution in [-0.4, -0.2) is 36.1 Å². The van der Waals surface area contributed by atoms with Crippen LogP contribution < -0.4 is 5.32 Å². The Balaban J connectivity index is 2.65. The second-order valence-electron chi connectivity index (χ2n) is 8.59. The van der Waals surface area contributed by atoms with Gasteiger partial charge in [0, 0.05) is 24.7 Å². The second kappa shape index (κ2) is 7.26. The van der Waals surface area contributed by atoms with Gasteiger partial charge < -0.3 is 5.32 Å². The highest BCUT2D eigenvalue weighted by atomic mass is 15.2. The Morgan fingerprint density at radius 2 is 1.85 bits per heavy atom. The smallest absolute Gasteiger partial charge is 0.0119 e. The van der Waals surface area contributed by atoms with Gasteiger partial charge in [0.05, 0.1) is 0 Å². The van der Waals surface area contributed by atoms with Crippen molar-refractivity contribution in [2.75, 3.05) is 19.6 Å². The fourth-order valence-electron chi connectivity index (χ4n) is 3.60. The first kappa shape index (κ1) is 18.0. The van der Waals surface area contributed by atoms with Crippen LogP contribution in [0.4, 0.5) is 0 Å². The van der Waals surface area contributed by atoms with E-state index in [1.165, 1.54) is 38.8 Å². The van der Waals surface area contributed by atoms with Crippen LogP contribution in [0.3, 0.4) is 0 Å². The van der Waals surface area contributed by atoms with Crippen molar-refractivity contribution in [1.29, 1.82) is 0 Å². The fourth-order valence-corrected chi connectivity index (χ4v) is 3.60. The van der Waals surface area contributed by atoms with Crippen LogP contribution in [0.5, 0.6) is 0 Å². The predicted octanol–water partition coefficient (Wildman–Crippen LogP) is 4.30. The molecule has 2 atom stereocenters. The highest BCUT2D eigenvalue weighted by Gasteiger charge is 2.34. The first-order chi connectivity index (χ1) is 9.17. The van der Waals surface area contributed by atoms with Crippen molar-refractivity contribution in [1.82, 2.24) is 10.2 Å². The Bertz CT molecular complexity index is 280. The van der Waals surface area contributed by atoms with Crippen LogP contribution in [-0.2, 0) is 0 Å². The molecular formula is C18H38N2. The van der Waals surface area contributed by atoms with Gasteiger partial charge in [-0.3, -0.25) is 4.90 Å². The van der Waals surface area contributed by atoms with E-state index in [4.69, 9.17) is 0 Å². The average Bonchev–Trinajstić information content (AvgIpc) is 2.74. The molecule has 1 aliphatic rings. The molecule has 2 nitrogen and oxygen atoms in total. The lowest BCUT2D eigenvalue weighted by atomic mass is 9.83. The molecule has 0 amide bonds. The number of nitrogens with zero attached hydrogens (tertiary/aromatic N) is 1. The van der Waals surface area contributed by atoms with Crippen molar-refractivity contribution in [2.24, 2.45) is 11.3 Å². The van der Waals surface area contributed by atoms with Crippen LogP contribution in [0, 0.1) is 11.3 Å². The van der Waals surface area contributed by atoms with Gasteiger partial charge in [0.15, 0.2) is 0 Å². The largest absolute Gasteiger partial charge is 0.311 e. The zero-order valence-corrected chi connectivity index (χ0v) is 15.1. The first-order valence-electron chi connectivity index (χ1n) is 8.66. The molecule has 1 rings (SSSR count). The molecule has 2 heteroatoms. The van der Waals surface area contributed by atoms with E-state index in [0.717, 1.165) is 18.5 Å². The summed E-state index contributed by atoms with van der Waals surface area (Å²) in [5.41, 5.74) is 0.622. The van der Waals surface area contributed by atoms with Crippen molar-refractivity contribution in [3.05, 3.63) is 0 Å². The molecule has 0 aromatic carbocycles. The third-order valence-corrected chi connectivity index (χ3v) is 4.67. The van der Waals surface area contributed by atoms with Gasteiger partial charge in [0.1, 0.15) is 0 Å². The monoisotopic (exact) mass is 282 g/mol. The normalized spacial score (nSPS) is 24.3. The van der Waals surface area contributed by atoms with Crippen molar-refractivity contribution in [3.8, 4) is 0 Å². The number of hydrogen-bond acceptors (Lipinski definition) is 2. The van der Waals surface area contributed by atoms with E-state index in [-0.39, 0.29) is 5.54 Å². The van der Waals surface area contributed by atoms with E-state index in [1.54, 1.807) is 0 Å². The summed E-state index contributed by atoms with van der Waals surface area (Å²) in [5, 5.41) is 3.74. The van der Waals surface area contributed by atoms with Crippen LogP contribution in [0.15, 0.2) is 0 Å². The highest BCUT2D eigenvalue weighted by molar-refractivity contribution is 4.89. The van der Waals surface area contributed by atoms with Crippen molar-refractivity contribution < 1.29 is 0 Å². The summed E-state index contributed by atoms with van der Waals surface area (Å²) in [5.74, 6) is 0.791. The van der Waals surface area contributed by atoms with E-state index in [2.05, 4.69) is 58.7 Å². The van der Waals surface area contributed by atoms with Gasteiger partial charge in [-0.1, -0.05) is 34.1 Å². The van der Waals surface area contributed by atoms with Gasteiger partial charge in [-0.2, -0.15) is 0 Å². The van der Waals surface area contributed by atoms with Gasteiger partial charge in [0.2, 0.25) is 0 Å². The SMILES string of the molecule is CCCC(C)(CNC(C)(C)C)CN1CCCC1C(C)C. The highest BCUT2D eigenvalue weighted by Crippen LogP contribution is 2.31. The Morgan fingerprint density at radius 1 is 1.20 bits per heavy atom. The molecule has 0 radical (unpaired) electrons. The van der Waals surface area contributed by atoms with Crippen LogP contribution in [0.2, 0.25) is 0 Å². The first-order valence-corrected chi connectivity index (χ1v) is 8.66. The van der Waals surface area contributed by atoms with E-state index in [1.807, 2.05) is 0 Å². The number of hydrogen-bond donors (Lipinski definition) is 1. The Labute approximate surface area is 127 Å². The molecule has 0 aliphatic carbocycles. The summed E-state index contributed by atoms with van der Waals surface area (Å²) in [7, 11) is 0. The molecule has 0 spiro atoms. The standard InChI is InChI=1S/C18H38N2/c1-8-11-18(7,13-19-17(4,5)6)14-20-12-9-10-16(20)15(2)3/h15-16,19H,8-14H2,1-7H3. The minimum absolute atomic E-state index is 0.220. The van der Waals surface area contributed by atoms with Gasteiger partial charge in [-0.15, -0.1) is 0 Å². The van der Waals surface area contributed by atoms with Gasteiger partial charge in [0.25, 0.3) is 0 Å². The Kier molecular flexibility index (Phi) is 6.53. The minimum atomic E-state index is 0.220. The molecule has 1 fully saturated rings. The molecular weight excluding hydrogens is 244 g/mol. The van der Waals surface area contributed by atoms with E-state index >= 15 is 0 Å². The lowest BCUT2D eigenvalue weighted by molar-refractivity contribution is 0.113. The summed E-state index contributed by atoms with van der Waals surface area (Å²) in [6.45, 7) is 20.1. The quantitative estimate of drug-likeness (QED) is 0.749. The summed E-state index contributed by atoms with van der Waals surface area (Å²) < 4.78 is 0. The summed E-state index contributed by atoms with van der Waals surface area (Å²) in [6, 6.07) is 0.806. The molecule has 1 heterocycles. The molecule has 0 bridgehead atoms. The maximum absolute atomic E-state index is 3.74. The average molecular weight is 283 g/mol. The summed E-state index contributed by atoms with van der Waals surface area (Å²) >= 11 is 0. The molecule has 0 saturated carbocycles. The third kappa shape index (κ3) is 5.73. The lowest BCUT2D eigenvalue weighted by Gasteiger charge is -2.39. The minimum Gasteiger partial charge on any atom is -0.311 e. The van der Waals surface area contributed by atoms with Crippen molar-refractivity contribution in [2.45, 2.75) is 85.7 Å². The van der Waals surface area contributed by atoms with Gasteiger partial charge in [-0.25, -0.2) is 0 Å². The molecule has 20 heavy (non-hydrogen) atoms. The zero-order chi connectivity index (χ0) is 15.4. The third-order valence-electron chi connectivity index (χ3n) is 4.67. The fraction of sp³-hybridized carbons (Fsp3) is 1.00. The molecule has 1 saturated heterocycles. The van der Waals surface area contributed by atoms with E-state index in [0.29, 0.717) is 5.41 Å². The second-order valence-corrected chi connectivity index (χ2v) is 8.59. The van der Waals surface area contributed by atoms with E-state index < -0.39 is 0 Å². The Morgan fingerprint density at radius 3 is 2.35 bits per heavy atom. The molecule has 0 aromatic rings.